The lowest BCUT2D eigenvalue weighted by Gasteiger charge is -2.17. The Morgan fingerprint density at radius 2 is 2.29 bits per heavy atom. The van der Waals surface area contributed by atoms with Gasteiger partial charge in [-0.2, -0.15) is 0 Å². The Kier molecular flexibility index (Phi) is 3.29. The quantitative estimate of drug-likeness (QED) is 0.395. The Labute approximate surface area is 81.5 Å². The lowest BCUT2D eigenvalue weighted by molar-refractivity contribution is -0.00135. The molecular formula is C8H14F2N4. The summed E-state index contributed by atoms with van der Waals surface area (Å²) in [6, 6.07) is -1.20. The highest BCUT2D eigenvalue weighted by molar-refractivity contribution is 4.95. The largest absolute Gasteiger partial charge is 0.297 e. The van der Waals surface area contributed by atoms with Crippen molar-refractivity contribution in [1.29, 1.82) is 0 Å². The standard InChI is InChI=1S/C8H14F2N4/c1-6(2)3-14-4-7(12-13-11)8(9,10)5-14/h6-7H,3-5H2,1-2H3. The van der Waals surface area contributed by atoms with Crippen molar-refractivity contribution in [3.05, 3.63) is 10.4 Å². The highest BCUT2D eigenvalue weighted by Crippen LogP contribution is 2.30. The van der Waals surface area contributed by atoms with E-state index in [1.165, 1.54) is 0 Å². The van der Waals surface area contributed by atoms with Crippen molar-refractivity contribution < 1.29 is 8.78 Å². The van der Waals surface area contributed by atoms with Gasteiger partial charge in [-0.15, -0.1) is 0 Å². The monoisotopic (exact) mass is 204 g/mol. The molecule has 1 heterocycles. The zero-order valence-corrected chi connectivity index (χ0v) is 8.32. The second kappa shape index (κ2) is 4.11. The van der Waals surface area contributed by atoms with E-state index in [4.69, 9.17) is 5.53 Å². The average Bonchev–Trinajstić information content (AvgIpc) is 2.25. The molecule has 1 aliphatic rings. The Hall–Kier alpha value is -0.870. The minimum atomic E-state index is -2.87. The highest BCUT2D eigenvalue weighted by atomic mass is 19.3. The molecule has 0 spiro atoms. The van der Waals surface area contributed by atoms with Crippen molar-refractivity contribution in [3.63, 3.8) is 0 Å². The Morgan fingerprint density at radius 3 is 2.79 bits per heavy atom. The summed E-state index contributed by atoms with van der Waals surface area (Å²) in [6.45, 7) is 4.43. The molecule has 1 rings (SSSR count). The van der Waals surface area contributed by atoms with Crippen LogP contribution in [0.5, 0.6) is 0 Å². The van der Waals surface area contributed by atoms with Crippen molar-refractivity contribution in [1.82, 2.24) is 4.90 Å². The van der Waals surface area contributed by atoms with Gasteiger partial charge in [-0.3, -0.25) is 4.90 Å². The highest BCUT2D eigenvalue weighted by Gasteiger charge is 2.47. The fourth-order valence-electron chi connectivity index (χ4n) is 1.68. The molecule has 14 heavy (non-hydrogen) atoms. The van der Waals surface area contributed by atoms with Gasteiger partial charge < -0.3 is 0 Å². The van der Waals surface area contributed by atoms with Gasteiger partial charge in [-0.1, -0.05) is 19.0 Å². The van der Waals surface area contributed by atoms with Gasteiger partial charge >= 0.3 is 0 Å². The summed E-state index contributed by atoms with van der Waals surface area (Å²) in [5, 5.41) is 3.12. The van der Waals surface area contributed by atoms with Gasteiger partial charge in [0.15, 0.2) is 0 Å². The molecule has 0 N–H and O–H groups in total. The smallest absolute Gasteiger partial charge is 0.270 e. The molecule has 4 nitrogen and oxygen atoms in total. The third-order valence-electron chi connectivity index (χ3n) is 2.17. The maximum absolute atomic E-state index is 13.2. The first-order valence-electron chi connectivity index (χ1n) is 4.60. The van der Waals surface area contributed by atoms with Gasteiger partial charge in [0.1, 0.15) is 6.04 Å². The van der Waals surface area contributed by atoms with E-state index in [0.29, 0.717) is 12.5 Å². The van der Waals surface area contributed by atoms with E-state index in [1.54, 1.807) is 4.90 Å². The molecule has 0 aromatic carbocycles. The molecule has 0 radical (unpaired) electrons. The average molecular weight is 204 g/mol. The summed E-state index contributed by atoms with van der Waals surface area (Å²) < 4.78 is 26.4. The number of hydrogen-bond donors (Lipinski definition) is 0. The topological polar surface area (TPSA) is 52.0 Å². The van der Waals surface area contributed by atoms with Crippen LogP contribution in [0, 0.1) is 5.92 Å². The van der Waals surface area contributed by atoms with E-state index in [-0.39, 0.29) is 13.1 Å². The molecule has 80 valence electrons. The number of likely N-dealkylation sites (tertiary alicyclic amines) is 1. The first kappa shape index (κ1) is 11.2. The van der Waals surface area contributed by atoms with Crippen molar-refractivity contribution in [2.45, 2.75) is 25.8 Å². The van der Waals surface area contributed by atoms with Crippen molar-refractivity contribution >= 4 is 0 Å². The summed E-state index contributed by atoms with van der Waals surface area (Å²) in [7, 11) is 0. The molecule has 1 atom stereocenters. The summed E-state index contributed by atoms with van der Waals surface area (Å²) in [4.78, 5) is 4.09. The van der Waals surface area contributed by atoms with Gasteiger partial charge in [-0.25, -0.2) is 8.78 Å². The van der Waals surface area contributed by atoms with Gasteiger partial charge in [0.2, 0.25) is 0 Å². The molecule has 0 bridgehead atoms. The summed E-state index contributed by atoms with van der Waals surface area (Å²) in [5.41, 5.74) is 8.13. The van der Waals surface area contributed by atoms with Crippen LogP contribution in [-0.2, 0) is 0 Å². The maximum atomic E-state index is 13.2. The molecule has 0 amide bonds. The lowest BCUT2D eigenvalue weighted by atomic mass is 10.2. The van der Waals surface area contributed by atoms with Gasteiger partial charge in [0, 0.05) is 18.0 Å². The Morgan fingerprint density at radius 1 is 1.64 bits per heavy atom. The van der Waals surface area contributed by atoms with Crippen LogP contribution < -0.4 is 0 Å². The van der Waals surface area contributed by atoms with E-state index < -0.39 is 12.0 Å². The number of halogens is 2. The number of azide groups is 1. The Bertz CT molecular complexity index is 248. The first-order valence-corrected chi connectivity index (χ1v) is 4.60. The molecule has 1 aliphatic heterocycles. The Balaban J connectivity index is 2.61. The lowest BCUT2D eigenvalue weighted by Crippen LogP contribution is -2.30. The van der Waals surface area contributed by atoms with E-state index in [9.17, 15) is 8.78 Å². The fourth-order valence-corrected chi connectivity index (χ4v) is 1.68. The molecule has 6 heteroatoms. The van der Waals surface area contributed by atoms with Crippen LogP contribution in [0.1, 0.15) is 13.8 Å². The number of hydrogen-bond acceptors (Lipinski definition) is 2. The zero-order valence-electron chi connectivity index (χ0n) is 8.32. The van der Waals surface area contributed by atoms with Crippen LogP contribution in [0.15, 0.2) is 5.11 Å². The molecule has 1 saturated heterocycles. The molecular weight excluding hydrogens is 190 g/mol. The number of alkyl halides is 2. The van der Waals surface area contributed by atoms with Gasteiger partial charge in [-0.05, 0) is 11.4 Å². The molecule has 0 aromatic rings. The van der Waals surface area contributed by atoms with Crippen molar-refractivity contribution in [3.8, 4) is 0 Å². The summed E-state index contributed by atoms with van der Waals surface area (Å²) in [5.74, 6) is -2.53. The molecule has 0 saturated carbocycles. The molecule has 0 aliphatic carbocycles. The van der Waals surface area contributed by atoms with Gasteiger partial charge in [0.05, 0.1) is 6.54 Å². The normalized spacial score (nSPS) is 26.5. The SMILES string of the molecule is CC(C)CN1CC(N=[N+]=[N-])C(F)(F)C1. The van der Waals surface area contributed by atoms with Crippen LogP contribution in [0.4, 0.5) is 8.78 Å². The van der Waals surface area contributed by atoms with E-state index >= 15 is 0 Å². The zero-order chi connectivity index (χ0) is 10.8. The van der Waals surface area contributed by atoms with Crippen molar-refractivity contribution in [2.24, 2.45) is 11.0 Å². The van der Waals surface area contributed by atoms with E-state index in [2.05, 4.69) is 10.0 Å². The second-order valence-corrected chi connectivity index (χ2v) is 4.07. The number of nitrogens with zero attached hydrogens (tertiary/aromatic N) is 4. The van der Waals surface area contributed by atoms with E-state index in [0.717, 1.165) is 0 Å². The van der Waals surface area contributed by atoms with E-state index in [1.807, 2.05) is 13.8 Å². The van der Waals surface area contributed by atoms with Crippen LogP contribution in [0.3, 0.4) is 0 Å². The maximum Gasteiger partial charge on any atom is 0.270 e. The van der Waals surface area contributed by atoms with Crippen molar-refractivity contribution in [2.75, 3.05) is 19.6 Å². The second-order valence-electron chi connectivity index (χ2n) is 4.07. The fraction of sp³-hybridized carbons (Fsp3) is 1.00. The predicted octanol–water partition coefficient (Wildman–Crippen LogP) is 2.27. The predicted molar refractivity (Wildman–Crippen MR) is 49.2 cm³/mol. The van der Waals surface area contributed by atoms with Crippen LogP contribution >= 0.6 is 0 Å². The first-order chi connectivity index (χ1) is 6.45. The minimum absolute atomic E-state index is 0.162. The minimum Gasteiger partial charge on any atom is -0.297 e. The summed E-state index contributed by atoms with van der Waals surface area (Å²) >= 11 is 0. The number of rotatable bonds is 3. The third kappa shape index (κ3) is 2.56. The van der Waals surface area contributed by atoms with Crippen LogP contribution in [-0.4, -0.2) is 36.5 Å². The molecule has 1 fully saturated rings. The third-order valence-corrected chi connectivity index (χ3v) is 2.17. The van der Waals surface area contributed by atoms with Crippen LogP contribution in [0.25, 0.3) is 10.4 Å². The molecule has 0 aromatic heterocycles. The van der Waals surface area contributed by atoms with Gasteiger partial charge in [0.25, 0.3) is 5.92 Å². The summed E-state index contributed by atoms with van der Waals surface area (Å²) in [6.07, 6.45) is 0. The molecule has 1 unspecified atom stereocenters. The van der Waals surface area contributed by atoms with Crippen LogP contribution in [0.2, 0.25) is 0 Å².